The Kier molecular flexibility index (Phi) is 4.33. The average Bonchev–Trinajstić information content (AvgIpc) is 3.11. The van der Waals surface area contributed by atoms with Gasteiger partial charge in [0, 0.05) is 11.3 Å². The number of hydrogen-bond donors (Lipinski definition) is 2. The largest absolute Gasteiger partial charge is 0.497 e. The van der Waals surface area contributed by atoms with Gasteiger partial charge in [-0.1, -0.05) is 30.3 Å². The van der Waals surface area contributed by atoms with Crippen molar-refractivity contribution in [2.75, 3.05) is 17.7 Å². The molecular formula is C20H18N4O3. The van der Waals surface area contributed by atoms with Crippen LogP contribution in [0.4, 0.5) is 11.5 Å². The van der Waals surface area contributed by atoms with Crippen LogP contribution in [-0.2, 0) is 9.59 Å². The van der Waals surface area contributed by atoms with Gasteiger partial charge in [0.2, 0.25) is 11.8 Å². The Morgan fingerprint density at radius 1 is 1.19 bits per heavy atom. The molecule has 2 amide bonds. The van der Waals surface area contributed by atoms with E-state index in [0.717, 1.165) is 16.9 Å². The third-order valence-electron chi connectivity index (χ3n) is 4.47. The molecule has 0 spiro atoms. The molecule has 7 nitrogen and oxygen atoms in total. The number of anilines is 2. The number of nitrogens with one attached hydrogen (secondary N) is 2. The highest BCUT2D eigenvalue weighted by molar-refractivity contribution is 6.03. The van der Waals surface area contributed by atoms with Crippen LogP contribution in [0, 0.1) is 0 Å². The summed E-state index contributed by atoms with van der Waals surface area (Å²) in [5.41, 5.74) is 2.31. The van der Waals surface area contributed by atoms with Gasteiger partial charge in [-0.3, -0.25) is 9.59 Å². The molecule has 1 aliphatic rings. The first kappa shape index (κ1) is 16.8. The zero-order valence-corrected chi connectivity index (χ0v) is 14.7. The molecule has 27 heavy (non-hydrogen) atoms. The molecule has 1 unspecified atom stereocenters. The van der Waals surface area contributed by atoms with Crippen molar-refractivity contribution in [2.24, 2.45) is 0 Å². The topological polar surface area (TPSA) is 85.2 Å². The number of benzene rings is 2. The number of rotatable bonds is 4. The standard InChI is InChI=1S/C20H18N4O3/c1-27-15-9-7-13(8-10-15)16-12-21-24-17(11-18(25)23-19(16)24)20(26)22-14-5-3-2-4-6-14/h2-10,12,17H,11H2,1H3,(H,22,26)(H,23,25). The Hall–Kier alpha value is -3.61. The molecule has 2 heterocycles. The Balaban J connectivity index is 1.65. The Morgan fingerprint density at radius 2 is 1.93 bits per heavy atom. The highest BCUT2D eigenvalue weighted by atomic mass is 16.5. The van der Waals surface area contributed by atoms with Gasteiger partial charge in [0.25, 0.3) is 0 Å². The van der Waals surface area contributed by atoms with Crippen molar-refractivity contribution in [3.8, 4) is 16.9 Å². The van der Waals surface area contributed by atoms with Crippen LogP contribution in [0.2, 0.25) is 0 Å². The van der Waals surface area contributed by atoms with Crippen molar-refractivity contribution in [3.63, 3.8) is 0 Å². The van der Waals surface area contributed by atoms with E-state index >= 15 is 0 Å². The number of nitrogens with zero attached hydrogens (tertiary/aromatic N) is 2. The van der Waals surface area contributed by atoms with Crippen molar-refractivity contribution in [3.05, 3.63) is 60.8 Å². The molecule has 136 valence electrons. The summed E-state index contributed by atoms with van der Waals surface area (Å²) in [5, 5.41) is 10.0. The summed E-state index contributed by atoms with van der Waals surface area (Å²) in [5.74, 6) is 0.765. The summed E-state index contributed by atoms with van der Waals surface area (Å²) in [6.07, 6.45) is 1.70. The van der Waals surface area contributed by atoms with Gasteiger partial charge in [0.1, 0.15) is 17.6 Å². The molecule has 0 saturated heterocycles. The molecule has 2 N–H and O–H groups in total. The molecule has 1 aromatic heterocycles. The fourth-order valence-corrected chi connectivity index (χ4v) is 3.10. The van der Waals surface area contributed by atoms with Crippen LogP contribution in [0.15, 0.2) is 60.8 Å². The van der Waals surface area contributed by atoms with Crippen LogP contribution in [0.25, 0.3) is 11.1 Å². The number of carbonyl (C=O) groups excluding carboxylic acids is 2. The van der Waals surface area contributed by atoms with Gasteiger partial charge in [-0.2, -0.15) is 5.10 Å². The van der Waals surface area contributed by atoms with Crippen LogP contribution in [0.1, 0.15) is 12.5 Å². The number of methoxy groups -OCH3 is 1. The van der Waals surface area contributed by atoms with Gasteiger partial charge in [-0.15, -0.1) is 0 Å². The van der Waals surface area contributed by atoms with Crippen molar-refractivity contribution in [1.29, 1.82) is 0 Å². The van der Waals surface area contributed by atoms with Crippen LogP contribution in [-0.4, -0.2) is 28.7 Å². The molecule has 0 saturated carbocycles. The molecule has 0 bridgehead atoms. The normalized spacial score (nSPS) is 15.6. The summed E-state index contributed by atoms with van der Waals surface area (Å²) in [6, 6.07) is 15.9. The van der Waals surface area contributed by atoms with E-state index in [1.807, 2.05) is 42.5 Å². The summed E-state index contributed by atoms with van der Waals surface area (Å²) >= 11 is 0. The second-order valence-corrected chi connectivity index (χ2v) is 6.20. The smallest absolute Gasteiger partial charge is 0.249 e. The van der Waals surface area contributed by atoms with Gasteiger partial charge in [0.15, 0.2) is 0 Å². The molecule has 0 fully saturated rings. The number of aromatic nitrogens is 2. The van der Waals surface area contributed by atoms with Gasteiger partial charge in [-0.25, -0.2) is 4.68 Å². The molecule has 1 atom stereocenters. The van der Waals surface area contributed by atoms with Gasteiger partial charge in [0.05, 0.1) is 19.7 Å². The van der Waals surface area contributed by atoms with E-state index in [-0.39, 0.29) is 18.2 Å². The first-order chi connectivity index (χ1) is 13.2. The first-order valence-corrected chi connectivity index (χ1v) is 8.53. The molecule has 3 aromatic rings. The zero-order valence-electron chi connectivity index (χ0n) is 14.7. The van der Waals surface area contributed by atoms with Crippen LogP contribution >= 0.6 is 0 Å². The maximum absolute atomic E-state index is 12.7. The highest BCUT2D eigenvalue weighted by Gasteiger charge is 2.33. The number of hydrogen-bond acceptors (Lipinski definition) is 4. The third kappa shape index (κ3) is 3.27. The fourth-order valence-electron chi connectivity index (χ4n) is 3.10. The van der Waals surface area contributed by atoms with Crippen molar-refractivity contribution in [2.45, 2.75) is 12.5 Å². The summed E-state index contributed by atoms with van der Waals surface area (Å²) in [6.45, 7) is 0. The Bertz CT molecular complexity index is 980. The molecule has 4 rings (SSSR count). The minimum Gasteiger partial charge on any atom is -0.497 e. The van der Waals surface area contributed by atoms with Gasteiger partial charge < -0.3 is 15.4 Å². The number of amides is 2. The lowest BCUT2D eigenvalue weighted by atomic mass is 10.1. The average molecular weight is 362 g/mol. The first-order valence-electron chi connectivity index (χ1n) is 8.53. The molecule has 2 aromatic carbocycles. The van der Waals surface area contributed by atoms with Gasteiger partial charge in [-0.05, 0) is 29.8 Å². The van der Waals surface area contributed by atoms with Crippen molar-refractivity contribution >= 4 is 23.3 Å². The van der Waals surface area contributed by atoms with E-state index < -0.39 is 6.04 Å². The predicted molar refractivity (Wildman–Crippen MR) is 102 cm³/mol. The Morgan fingerprint density at radius 3 is 2.63 bits per heavy atom. The fraction of sp³-hybridized carbons (Fsp3) is 0.150. The lowest BCUT2D eigenvalue weighted by Gasteiger charge is -2.24. The maximum atomic E-state index is 12.7. The van der Waals surface area contributed by atoms with Crippen molar-refractivity contribution < 1.29 is 14.3 Å². The molecular weight excluding hydrogens is 344 g/mol. The van der Waals surface area contributed by atoms with E-state index in [9.17, 15) is 9.59 Å². The second-order valence-electron chi connectivity index (χ2n) is 6.20. The maximum Gasteiger partial charge on any atom is 0.249 e. The number of fused-ring (bicyclic) bond motifs is 1. The van der Waals surface area contributed by atoms with E-state index in [1.165, 1.54) is 0 Å². The second kappa shape index (κ2) is 6.95. The minimum absolute atomic E-state index is 0.0371. The molecule has 0 aliphatic carbocycles. The minimum atomic E-state index is -0.707. The van der Waals surface area contributed by atoms with Crippen LogP contribution in [0.5, 0.6) is 5.75 Å². The van der Waals surface area contributed by atoms with Crippen LogP contribution < -0.4 is 15.4 Å². The van der Waals surface area contributed by atoms with E-state index in [4.69, 9.17) is 4.74 Å². The van der Waals surface area contributed by atoms with E-state index in [1.54, 1.807) is 30.1 Å². The number of carbonyl (C=O) groups is 2. The lowest BCUT2D eigenvalue weighted by Crippen LogP contribution is -2.35. The van der Waals surface area contributed by atoms with E-state index in [2.05, 4.69) is 15.7 Å². The predicted octanol–water partition coefficient (Wildman–Crippen LogP) is 3.08. The quantitative estimate of drug-likeness (QED) is 0.747. The SMILES string of the molecule is COc1ccc(-c2cnn3c2NC(=O)CC3C(=O)Nc2ccccc2)cc1. The molecule has 1 aliphatic heterocycles. The highest BCUT2D eigenvalue weighted by Crippen LogP contribution is 2.35. The zero-order chi connectivity index (χ0) is 18.8. The third-order valence-corrected chi connectivity index (χ3v) is 4.47. The molecule has 0 radical (unpaired) electrons. The monoisotopic (exact) mass is 362 g/mol. The van der Waals surface area contributed by atoms with Crippen molar-refractivity contribution in [1.82, 2.24) is 9.78 Å². The summed E-state index contributed by atoms with van der Waals surface area (Å²) in [4.78, 5) is 25.0. The summed E-state index contributed by atoms with van der Waals surface area (Å²) in [7, 11) is 1.60. The van der Waals surface area contributed by atoms with Crippen LogP contribution in [0.3, 0.4) is 0 Å². The Labute approximate surface area is 156 Å². The lowest BCUT2D eigenvalue weighted by molar-refractivity contribution is -0.125. The van der Waals surface area contributed by atoms with E-state index in [0.29, 0.717) is 11.5 Å². The number of para-hydroxylation sites is 1. The van der Waals surface area contributed by atoms with Gasteiger partial charge >= 0.3 is 0 Å². The number of ether oxygens (including phenoxy) is 1. The summed E-state index contributed by atoms with van der Waals surface area (Å²) < 4.78 is 6.75. The molecule has 7 heteroatoms.